The van der Waals surface area contributed by atoms with Gasteiger partial charge in [-0.15, -0.1) is 0 Å². The summed E-state index contributed by atoms with van der Waals surface area (Å²) in [5, 5.41) is 0. The molecule has 0 aliphatic heterocycles. The van der Waals surface area contributed by atoms with E-state index in [1.807, 2.05) is 0 Å². The minimum atomic E-state index is -1.03. The van der Waals surface area contributed by atoms with Gasteiger partial charge in [0.25, 0.3) is 0 Å². The van der Waals surface area contributed by atoms with Gasteiger partial charge in [0, 0.05) is 0 Å². The number of rotatable bonds is 28. The highest BCUT2D eigenvalue weighted by molar-refractivity contribution is 6.78. The van der Waals surface area contributed by atoms with Crippen molar-refractivity contribution in [2.45, 2.75) is 212 Å². The molecule has 0 heterocycles. The number of unbranched alkanes of at least 4 members (excludes halogenated alkanes) is 22. The highest BCUT2D eigenvalue weighted by atomic mass is 28.3. The second kappa shape index (κ2) is 26.3. The van der Waals surface area contributed by atoms with Gasteiger partial charge < -0.3 is 0 Å². The first-order chi connectivity index (χ1) is 16.6. The van der Waals surface area contributed by atoms with Gasteiger partial charge in [-0.3, -0.25) is 0 Å². The summed E-state index contributed by atoms with van der Waals surface area (Å²) in [7, 11) is -1.03. The standard InChI is InChI=1S/C33H70Si/c1-6-9-11-13-15-17-19-20-22-24-26-28-30-32-34(4,5)33(8-3)31-29-27-25-23-21-18-16-14-12-10-7-2/h33H,6-32H2,1-5H3. The second-order valence-electron chi connectivity index (χ2n) is 12.4. The van der Waals surface area contributed by atoms with Crippen LogP contribution in [0.2, 0.25) is 24.7 Å². The Labute approximate surface area is 220 Å². The first-order valence-corrected chi connectivity index (χ1v) is 19.9. The SMILES string of the molecule is CCCCCCCCCCCCCCC[Si](C)(C)C(CC)CCCCCCCCCCCCC. The second-order valence-corrected chi connectivity index (χ2v) is 17.7. The van der Waals surface area contributed by atoms with Crippen molar-refractivity contribution >= 4 is 8.07 Å². The van der Waals surface area contributed by atoms with Crippen LogP contribution in [0.15, 0.2) is 0 Å². The Bertz CT molecular complexity index is 375. The highest BCUT2D eigenvalue weighted by Crippen LogP contribution is 2.35. The lowest BCUT2D eigenvalue weighted by atomic mass is 10.0. The summed E-state index contributed by atoms with van der Waals surface area (Å²) >= 11 is 0. The molecule has 0 saturated heterocycles. The average molecular weight is 495 g/mol. The first-order valence-electron chi connectivity index (χ1n) is 16.6. The van der Waals surface area contributed by atoms with Crippen molar-refractivity contribution < 1.29 is 0 Å². The molecule has 0 aliphatic rings. The predicted molar refractivity (Wildman–Crippen MR) is 163 cm³/mol. The van der Waals surface area contributed by atoms with E-state index < -0.39 is 8.07 Å². The van der Waals surface area contributed by atoms with E-state index >= 15 is 0 Å². The molecule has 0 aromatic carbocycles. The molecule has 1 heteroatoms. The van der Waals surface area contributed by atoms with Crippen LogP contribution < -0.4 is 0 Å². The van der Waals surface area contributed by atoms with E-state index in [-0.39, 0.29) is 0 Å². The van der Waals surface area contributed by atoms with Crippen molar-refractivity contribution in [3.8, 4) is 0 Å². The fourth-order valence-electron chi connectivity index (χ4n) is 6.00. The minimum Gasteiger partial charge on any atom is -0.0691 e. The van der Waals surface area contributed by atoms with Gasteiger partial charge in [-0.05, 0) is 5.54 Å². The smallest absolute Gasteiger partial charge is 0.0504 e. The van der Waals surface area contributed by atoms with Gasteiger partial charge in [-0.2, -0.15) is 0 Å². The maximum atomic E-state index is 2.71. The molecular weight excluding hydrogens is 424 g/mol. The van der Waals surface area contributed by atoms with Crippen molar-refractivity contribution in [1.29, 1.82) is 0 Å². The highest BCUT2D eigenvalue weighted by Gasteiger charge is 2.29. The summed E-state index contributed by atoms with van der Waals surface area (Å²) in [6.45, 7) is 12.5. The summed E-state index contributed by atoms with van der Waals surface area (Å²) < 4.78 is 0. The molecule has 0 radical (unpaired) electrons. The summed E-state index contributed by atoms with van der Waals surface area (Å²) in [5.74, 6) is 0. The first kappa shape index (κ1) is 34.2. The van der Waals surface area contributed by atoms with Crippen molar-refractivity contribution in [3.05, 3.63) is 0 Å². The third-order valence-corrected chi connectivity index (χ3v) is 13.2. The molecule has 0 bridgehead atoms. The molecule has 0 aromatic heterocycles. The predicted octanol–water partition coefficient (Wildman–Crippen LogP) is 13.3. The molecule has 0 aliphatic carbocycles. The zero-order chi connectivity index (χ0) is 25.2. The topological polar surface area (TPSA) is 0 Å². The normalized spacial score (nSPS) is 13.0. The van der Waals surface area contributed by atoms with E-state index in [1.54, 1.807) is 6.04 Å². The molecule has 34 heavy (non-hydrogen) atoms. The van der Waals surface area contributed by atoms with Gasteiger partial charge in [0.1, 0.15) is 0 Å². The van der Waals surface area contributed by atoms with E-state index in [9.17, 15) is 0 Å². The Hall–Kier alpha value is 0.217. The van der Waals surface area contributed by atoms with E-state index in [2.05, 4.69) is 33.9 Å². The van der Waals surface area contributed by atoms with Crippen LogP contribution in [-0.2, 0) is 0 Å². The third kappa shape index (κ3) is 22.7. The molecular formula is C33H70Si. The summed E-state index contributed by atoms with van der Waals surface area (Å²) in [5.41, 5.74) is 1.07. The van der Waals surface area contributed by atoms with E-state index in [4.69, 9.17) is 0 Å². The van der Waals surface area contributed by atoms with Gasteiger partial charge in [0.15, 0.2) is 0 Å². The molecule has 206 valence electrons. The molecule has 1 unspecified atom stereocenters. The van der Waals surface area contributed by atoms with Crippen molar-refractivity contribution in [2.75, 3.05) is 0 Å². The molecule has 0 nitrogen and oxygen atoms in total. The fourth-order valence-corrected chi connectivity index (χ4v) is 9.67. The van der Waals surface area contributed by atoms with Crippen molar-refractivity contribution in [1.82, 2.24) is 0 Å². The Morgan fingerprint density at radius 1 is 0.382 bits per heavy atom. The van der Waals surface area contributed by atoms with Gasteiger partial charge >= 0.3 is 0 Å². The average Bonchev–Trinajstić information content (AvgIpc) is 2.82. The summed E-state index contributed by atoms with van der Waals surface area (Å²) in [4.78, 5) is 0. The van der Waals surface area contributed by atoms with E-state index in [0.29, 0.717) is 0 Å². The Morgan fingerprint density at radius 3 is 1.00 bits per heavy atom. The summed E-state index contributed by atoms with van der Waals surface area (Å²) in [6.07, 6.45) is 38.4. The minimum absolute atomic E-state index is 1.03. The third-order valence-electron chi connectivity index (χ3n) is 8.68. The van der Waals surface area contributed by atoms with Gasteiger partial charge in [0.2, 0.25) is 0 Å². The van der Waals surface area contributed by atoms with Crippen LogP contribution in [0.3, 0.4) is 0 Å². The maximum absolute atomic E-state index is 2.71. The Balaban J connectivity index is 3.59. The van der Waals surface area contributed by atoms with Gasteiger partial charge in [-0.1, -0.05) is 207 Å². The number of hydrogen-bond acceptors (Lipinski definition) is 0. The van der Waals surface area contributed by atoms with E-state index in [0.717, 1.165) is 5.54 Å². The van der Waals surface area contributed by atoms with Crippen LogP contribution in [0, 0.1) is 0 Å². The molecule has 1 atom stereocenters. The molecule has 0 rings (SSSR count). The lowest BCUT2D eigenvalue weighted by molar-refractivity contribution is 0.533. The monoisotopic (exact) mass is 495 g/mol. The zero-order valence-electron chi connectivity index (χ0n) is 25.2. The Morgan fingerprint density at radius 2 is 0.676 bits per heavy atom. The van der Waals surface area contributed by atoms with Crippen LogP contribution in [0.4, 0.5) is 0 Å². The van der Waals surface area contributed by atoms with E-state index in [1.165, 1.54) is 167 Å². The quantitative estimate of drug-likeness (QED) is 0.0749. The Kier molecular flexibility index (Phi) is 26.5. The van der Waals surface area contributed by atoms with Crippen molar-refractivity contribution in [2.24, 2.45) is 0 Å². The van der Waals surface area contributed by atoms with Gasteiger partial charge in [0.05, 0.1) is 8.07 Å². The largest absolute Gasteiger partial charge is 0.0691 e. The molecule has 0 aromatic rings. The van der Waals surface area contributed by atoms with Crippen LogP contribution >= 0.6 is 0 Å². The van der Waals surface area contributed by atoms with Crippen LogP contribution in [0.25, 0.3) is 0 Å². The molecule has 0 amide bonds. The lowest BCUT2D eigenvalue weighted by Gasteiger charge is -2.32. The lowest BCUT2D eigenvalue weighted by Crippen LogP contribution is -2.32. The zero-order valence-corrected chi connectivity index (χ0v) is 26.2. The fraction of sp³-hybridized carbons (Fsp3) is 1.00. The molecule has 0 spiro atoms. The molecule has 0 saturated carbocycles. The van der Waals surface area contributed by atoms with Gasteiger partial charge in [-0.25, -0.2) is 0 Å². The van der Waals surface area contributed by atoms with Crippen LogP contribution in [0.1, 0.15) is 188 Å². The summed E-state index contributed by atoms with van der Waals surface area (Å²) in [6, 6.07) is 1.58. The molecule has 0 N–H and O–H groups in total. The van der Waals surface area contributed by atoms with Crippen LogP contribution in [0.5, 0.6) is 0 Å². The van der Waals surface area contributed by atoms with Crippen LogP contribution in [-0.4, -0.2) is 8.07 Å². The molecule has 0 fully saturated rings. The van der Waals surface area contributed by atoms with Crippen molar-refractivity contribution in [3.63, 3.8) is 0 Å². The maximum Gasteiger partial charge on any atom is 0.0504 e. The number of hydrogen-bond donors (Lipinski definition) is 0.